The van der Waals surface area contributed by atoms with Crippen LogP contribution in [0.2, 0.25) is 0 Å². The first-order valence-corrected chi connectivity index (χ1v) is 3.56. The molecule has 0 unspecified atom stereocenters. The SMILES string of the molecule is COc1ncc(CF)cc1C(F)F. The minimum Gasteiger partial charge on any atom is -0.481 e. The number of rotatable bonds is 3. The molecule has 0 saturated heterocycles. The van der Waals surface area contributed by atoms with E-state index in [4.69, 9.17) is 0 Å². The van der Waals surface area contributed by atoms with Gasteiger partial charge in [0, 0.05) is 11.8 Å². The van der Waals surface area contributed by atoms with E-state index in [9.17, 15) is 13.2 Å². The number of ether oxygens (including phenoxy) is 1. The topological polar surface area (TPSA) is 22.1 Å². The van der Waals surface area contributed by atoms with Crippen LogP contribution in [0, 0.1) is 0 Å². The summed E-state index contributed by atoms with van der Waals surface area (Å²) in [4.78, 5) is 3.55. The van der Waals surface area contributed by atoms with Crippen LogP contribution >= 0.6 is 0 Å². The second kappa shape index (κ2) is 4.11. The molecule has 0 radical (unpaired) electrons. The fourth-order valence-electron chi connectivity index (χ4n) is 0.915. The first-order chi connectivity index (χ1) is 6.19. The molecular formula is C8H8F3NO. The Morgan fingerprint density at radius 2 is 2.23 bits per heavy atom. The minimum atomic E-state index is -2.70. The fourth-order valence-corrected chi connectivity index (χ4v) is 0.915. The number of pyridine rings is 1. The Labute approximate surface area is 73.4 Å². The van der Waals surface area contributed by atoms with Crippen molar-refractivity contribution in [3.63, 3.8) is 0 Å². The van der Waals surface area contributed by atoms with Gasteiger partial charge in [-0.1, -0.05) is 0 Å². The zero-order valence-electron chi connectivity index (χ0n) is 6.93. The smallest absolute Gasteiger partial charge is 0.269 e. The van der Waals surface area contributed by atoms with E-state index in [2.05, 4.69) is 9.72 Å². The monoisotopic (exact) mass is 191 g/mol. The molecule has 1 aromatic rings. The molecule has 1 aromatic heterocycles. The summed E-state index contributed by atoms with van der Waals surface area (Å²) in [5.74, 6) is -0.160. The lowest BCUT2D eigenvalue weighted by Crippen LogP contribution is -1.97. The van der Waals surface area contributed by atoms with Crippen molar-refractivity contribution in [1.29, 1.82) is 0 Å². The van der Waals surface area contributed by atoms with Crippen molar-refractivity contribution < 1.29 is 17.9 Å². The van der Waals surface area contributed by atoms with Crippen molar-refractivity contribution in [2.24, 2.45) is 0 Å². The van der Waals surface area contributed by atoms with Gasteiger partial charge in [-0.3, -0.25) is 0 Å². The summed E-state index contributed by atoms with van der Waals surface area (Å²) in [5, 5.41) is 0. The Bertz CT molecular complexity index is 291. The largest absolute Gasteiger partial charge is 0.481 e. The summed E-state index contributed by atoms with van der Waals surface area (Å²) in [7, 11) is 1.24. The molecule has 1 rings (SSSR count). The van der Waals surface area contributed by atoms with Gasteiger partial charge in [-0.05, 0) is 6.07 Å². The number of aromatic nitrogens is 1. The van der Waals surface area contributed by atoms with Crippen LogP contribution in [0.3, 0.4) is 0 Å². The van der Waals surface area contributed by atoms with Gasteiger partial charge in [0.15, 0.2) is 0 Å². The van der Waals surface area contributed by atoms with Gasteiger partial charge in [0.25, 0.3) is 6.43 Å². The Morgan fingerprint density at radius 3 is 2.69 bits per heavy atom. The van der Waals surface area contributed by atoms with E-state index in [0.29, 0.717) is 0 Å². The third-order valence-electron chi connectivity index (χ3n) is 1.52. The molecule has 0 bridgehead atoms. The molecule has 0 aliphatic heterocycles. The van der Waals surface area contributed by atoms with E-state index in [1.165, 1.54) is 13.3 Å². The maximum atomic E-state index is 12.3. The summed E-state index contributed by atoms with van der Waals surface area (Å²) < 4.78 is 41.2. The molecule has 2 nitrogen and oxygen atoms in total. The van der Waals surface area contributed by atoms with Gasteiger partial charge in [0.1, 0.15) is 6.67 Å². The van der Waals surface area contributed by atoms with Crippen LogP contribution in [0.1, 0.15) is 17.6 Å². The highest BCUT2D eigenvalue weighted by atomic mass is 19.3. The molecule has 0 spiro atoms. The van der Waals surface area contributed by atoms with Crippen molar-refractivity contribution in [2.75, 3.05) is 7.11 Å². The Kier molecular flexibility index (Phi) is 3.11. The second-order valence-electron chi connectivity index (χ2n) is 2.38. The number of nitrogens with zero attached hydrogens (tertiary/aromatic N) is 1. The van der Waals surface area contributed by atoms with Crippen molar-refractivity contribution in [1.82, 2.24) is 4.98 Å². The van der Waals surface area contributed by atoms with Crippen LogP contribution in [0.5, 0.6) is 5.88 Å². The summed E-state index contributed by atoms with van der Waals surface area (Å²) in [6.07, 6.45) is -1.53. The summed E-state index contributed by atoms with van der Waals surface area (Å²) in [6.45, 7) is -0.809. The molecule has 0 amide bonds. The van der Waals surface area contributed by atoms with Gasteiger partial charge in [-0.15, -0.1) is 0 Å². The number of halogens is 3. The molecule has 0 fully saturated rings. The predicted molar refractivity (Wildman–Crippen MR) is 40.6 cm³/mol. The summed E-state index contributed by atoms with van der Waals surface area (Å²) >= 11 is 0. The third-order valence-corrected chi connectivity index (χ3v) is 1.52. The second-order valence-corrected chi connectivity index (χ2v) is 2.38. The van der Waals surface area contributed by atoms with Gasteiger partial charge in [-0.2, -0.15) is 0 Å². The Morgan fingerprint density at radius 1 is 1.54 bits per heavy atom. The lowest BCUT2D eigenvalue weighted by atomic mass is 10.2. The normalized spacial score (nSPS) is 10.5. The molecule has 0 aliphatic carbocycles. The number of hydrogen-bond donors (Lipinski definition) is 0. The molecule has 13 heavy (non-hydrogen) atoms. The average Bonchev–Trinajstić information content (AvgIpc) is 2.16. The maximum absolute atomic E-state index is 12.3. The van der Waals surface area contributed by atoms with Crippen LogP contribution < -0.4 is 4.74 Å². The molecular weight excluding hydrogens is 183 g/mol. The highest BCUT2D eigenvalue weighted by Gasteiger charge is 2.15. The first kappa shape index (κ1) is 9.83. The predicted octanol–water partition coefficient (Wildman–Crippen LogP) is 2.50. The zero-order chi connectivity index (χ0) is 9.84. The molecule has 1 heterocycles. The van der Waals surface area contributed by atoms with Crippen LogP contribution in [0.25, 0.3) is 0 Å². The molecule has 0 saturated carbocycles. The number of alkyl halides is 3. The van der Waals surface area contributed by atoms with E-state index in [1.807, 2.05) is 0 Å². The minimum absolute atomic E-state index is 0.121. The lowest BCUT2D eigenvalue weighted by Gasteiger charge is -2.06. The van der Waals surface area contributed by atoms with E-state index >= 15 is 0 Å². The highest BCUT2D eigenvalue weighted by Crippen LogP contribution is 2.27. The molecule has 0 aromatic carbocycles. The van der Waals surface area contributed by atoms with E-state index in [1.54, 1.807) is 0 Å². The first-order valence-electron chi connectivity index (χ1n) is 3.56. The standard InChI is InChI=1S/C8H8F3NO/c1-13-8-6(7(10)11)2-5(3-9)4-12-8/h2,4,7H,3H2,1H3. The van der Waals surface area contributed by atoms with E-state index in [0.717, 1.165) is 6.07 Å². The number of hydrogen-bond acceptors (Lipinski definition) is 2. The van der Waals surface area contributed by atoms with Crippen molar-refractivity contribution >= 4 is 0 Å². The van der Waals surface area contributed by atoms with Gasteiger partial charge < -0.3 is 4.74 Å². The van der Waals surface area contributed by atoms with Gasteiger partial charge in [0.05, 0.1) is 12.7 Å². The molecule has 0 aliphatic rings. The molecule has 5 heteroatoms. The quantitative estimate of drug-likeness (QED) is 0.732. The Balaban J connectivity index is 3.10. The van der Waals surface area contributed by atoms with Crippen LogP contribution in [0.4, 0.5) is 13.2 Å². The zero-order valence-corrected chi connectivity index (χ0v) is 6.93. The van der Waals surface area contributed by atoms with Crippen molar-refractivity contribution in [3.8, 4) is 5.88 Å². The van der Waals surface area contributed by atoms with E-state index < -0.39 is 13.1 Å². The van der Waals surface area contributed by atoms with Crippen molar-refractivity contribution in [2.45, 2.75) is 13.1 Å². The fraction of sp³-hybridized carbons (Fsp3) is 0.375. The summed E-state index contributed by atoms with van der Waals surface area (Å²) in [5.41, 5.74) is -0.256. The van der Waals surface area contributed by atoms with Gasteiger partial charge in [0.2, 0.25) is 5.88 Å². The summed E-state index contributed by atoms with van der Waals surface area (Å²) in [6, 6.07) is 1.05. The average molecular weight is 191 g/mol. The van der Waals surface area contributed by atoms with Gasteiger partial charge in [-0.25, -0.2) is 18.2 Å². The number of methoxy groups -OCH3 is 1. The van der Waals surface area contributed by atoms with Gasteiger partial charge >= 0.3 is 0 Å². The Hall–Kier alpha value is -1.26. The van der Waals surface area contributed by atoms with E-state index in [-0.39, 0.29) is 17.0 Å². The molecule has 0 atom stereocenters. The van der Waals surface area contributed by atoms with Crippen LogP contribution in [-0.2, 0) is 6.67 Å². The maximum Gasteiger partial charge on any atom is 0.269 e. The molecule has 72 valence electrons. The van der Waals surface area contributed by atoms with Crippen molar-refractivity contribution in [3.05, 3.63) is 23.4 Å². The third kappa shape index (κ3) is 2.11. The lowest BCUT2D eigenvalue weighted by molar-refractivity contribution is 0.146. The molecule has 0 N–H and O–H groups in total. The van der Waals surface area contributed by atoms with Crippen LogP contribution in [-0.4, -0.2) is 12.1 Å². The van der Waals surface area contributed by atoms with Crippen LogP contribution in [0.15, 0.2) is 12.3 Å². The highest BCUT2D eigenvalue weighted by molar-refractivity contribution is 5.30.